The highest BCUT2D eigenvalue weighted by Gasteiger charge is 2.65. The van der Waals surface area contributed by atoms with Crippen LogP contribution in [0.15, 0.2) is 0 Å². The molecule has 2 aliphatic carbocycles. The molecule has 7 unspecified atom stereocenters. The van der Waals surface area contributed by atoms with Crippen molar-refractivity contribution in [1.29, 1.82) is 0 Å². The highest BCUT2D eigenvalue weighted by Crippen LogP contribution is 2.68. The summed E-state index contributed by atoms with van der Waals surface area (Å²) in [6.07, 6.45) is 6.34. The lowest BCUT2D eigenvalue weighted by atomic mass is 9.71. The van der Waals surface area contributed by atoms with E-state index < -0.39 is 0 Å². The van der Waals surface area contributed by atoms with Gasteiger partial charge in [0.15, 0.2) is 0 Å². The molecule has 6 heteroatoms. The maximum absolute atomic E-state index is 6.79. The second-order valence-corrected chi connectivity index (χ2v) is 17.4. The highest BCUT2D eigenvalue weighted by molar-refractivity contribution is 5.14. The maximum atomic E-state index is 6.79. The van der Waals surface area contributed by atoms with Crippen LogP contribution in [0.5, 0.6) is 0 Å². The van der Waals surface area contributed by atoms with Crippen LogP contribution in [0.25, 0.3) is 0 Å². The summed E-state index contributed by atoms with van der Waals surface area (Å²) in [7, 11) is 0. The molecule has 0 heterocycles. The van der Waals surface area contributed by atoms with Crippen molar-refractivity contribution >= 4 is 0 Å². The molecule has 0 aromatic heterocycles. The molecule has 2 fully saturated rings. The molecule has 0 bridgehead atoms. The predicted molar refractivity (Wildman–Crippen MR) is 174 cm³/mol. The van der Waals surface area contributed by atoms with Gasteiger partial charge in [-0.2, -0.15) is 0 Å². The highest BCUT2D eigenvalue weighted by atomic mass is 16.5. The summed E-state index contributed by atoms with van der Waals surface area (Å²) in [5.74, 6) is 1.94. The normalized spacial score (nSPS) is 31.0. The van der Waals surface area contributed by atoms with Crippen LogP contribution in [0.2, 0.25) is 0 Å². The fourth-order valence-electron chi connectivity index (χ4n) is 6.65. The number of ether oxygens (including phenoxy) is 3. The monoisotopic (exact) mass is 582 g/mol. The van der Waals surface area contributed by atoms with Crippen LogP contribution in [0.1, 0.15) is 135 Å². The van der Waals surface area contributed by atoms with Crippen LogP contribution in [-0.2, 0) is 14.2 Å². The van der Waals surface area contributed by atoms with E-state index in [0.717, 1.165) is 38.7 Å². The topological polar surface area (TPSA) is 106 Å². The van der Waals surface area contributed by atoms with Gasteiger partial charge in [-0.05, 0) is 137 Å². The van der Waals surface area contributed by atoms with Gasteiger partial charge in [0, 0.05) is 22.5 Å². The summed E-state index contributed by atoms with van der Waals surface area (Å²) in [6, 6.07) is 0. The first-order valence-corrected chi connectivity index (χ1v) is 16.6. The second kappa shape index (κ2) is 12.6. The molecule has 0 radical (unpaired) electrons. The molecule has 6 N–H and O–H groups in total. The molecule has 0 aliphatic heterocycles. The van der Waals surface area contributed by atoms with Crippen molar-refractivity contribution < 1.29 is 14.2 Å². The fourth-order valence-corrected chi connectivity index (χ4v) is 6.65. The molecule has 7 atom stereocenters. The van der Waals surface area contributed by atoms with Crippen LogP contribution in [0.4, 0.5) is 0 Å². The molecule has 41 heavy (non-hydrogen) atoms. The van der Waals surface area contributed by atoms with E-state index in [1.54, 1.807) is 0 Å². The summed E-state index contributed by atoms with van der Waals surface area (Å²) in [5.41, 5.74) is 18.1. The Morgan fingerprint density at radius 3 is 1.49 bits per heavy atom. The van der Waals surface area contributed by atoms with E-state index >= 15 is 0 Å². The van der Waals surface area contributed by atoms with Gasteiger partial charge in [-0.3, -0.25) is 0 Å². The van der Waals surface area contributed by atoms with E-state index in [2.05, 4.69) is 96.9 Å². The Hall–Kier alpha value is -0.240. The van der Waals surface area contributed by atoms with Gasteiger partial charge in [0.1, 0.15) is 0 Å². The standard InChI is InChI=1S/C35H71N3O3/c1-15-34(14,41-23-27-19-33(27,13)38)28-20-35(28,16-2)26(17-29(5,6)39-21-24(3)31(9,10)36)18-30(7,8)40-22-25(4)32(11,12)37/h24-28H,15-23,36-38H2,1-14H3. The van der Waals surface area contributed by atoms with Crippen molar-refractivity contribution in [2.45, 2.75) is 169 Å². The third kappa shape index (κ3) is 9.88. The summed E-state index contributed by atoms with van der Waals surface area (Å²) < 4.78 is 20.1. The zero-order chi connectivity index (χ0) is 31.9. The zero-order valence-electron chi connectivity index (χ0n) is 29.7. The summed E-state index contributed by atoms with van der Waals surface area (Å²) in [4.78, 5) is 0. The van der Waals surface area contributed by atoms with Crippen molar-refractivity contribution in [2.75, 3.05) is 19.8 Å². The minimum Gasteiger partial charge on any atom is -0.375 e. The Morgan fingerprint density at radius 1 is 0.756 bits per heavy atom. The lowest BCUT2D eigenvalue weighted by molar-refractivity contribution is -0.102. The maximum Gasteiger partial charge on any atom is 0.0685 e. The van der Waals surface area contributed by atoms with Gasteiger partial charge in [-0.25, -0.2) is 0 Å². The van der Waals surface area contributed by atoms with E-state index in [0.29, 0.717) is 31.0 Å². The summed E-state index contributed by atoms with van der Waals surface area (Å²) in [6.45, 7) is 33.0. The van der Waals surface area contributed by atoms with Gasteiger partial charge in [-0.15, -0.1) is 0 Å². The molecular weight excluding hydrogens is 510 g/mol. The first-order chi connectivity index (χ1) is 18.3. The average molecular weight is 582 g/mol. The summed E-state index contributed by atoms with van der Waals surface area (Å²) in [5, 5.41) is 0. The van der Waals surface area contributed by atoms with Gasteiger partial charge in [0.05, 0.1) is 36.6 Å². The van der Waals surface area contributed by atoms with Crippen molar-refractivity contribution in [3.8, 4) is 0 Å². The number of nitrogens with two attached hydrogens (primary N) is 3. The lowest BCUT2D eigenvalue weighted by Crippen LogP contribution is -2.45. The average Bonchev–Trinajstić information content (AvgIpc) is 3.72. The SMILES string of the molecule is CCC(C)(OCC1CC1(C)N)C1CC1(CC)C(CC(C)(C)OCC(C)C(C)(C)N)CC(C)(C)OCC(C)C(C)(C)N. The first-order valence-electron chi connectivity index (χ1n) is 16.6. The Morgan fingerprint density at radius 2 is 1.17 bits per heavy atom. The van der Waals surface area contributed by atoms with Crippen LogP contribution >= 0.6 is 0 Å². The third-order valence-electron chi connectivity index (χ3n) is 11.6. The minimum absolute atomic E-state index is 0.0598. The van der Waals surface area contributed by atoms with Crippen LogP contribution in [0.3, 0.4) is 0 Å². The smallest absolute Gasteiger partial charge is 0.0685 e. The molecule has 2 rings (SSSR count). The molecule has 6 nitrogen and oxygen atoms in total. The van der Waals surface area contributed by atoms with E-state index in [1.165, 1.54) is 6.42 Å². The van der Waals surface area contributed by atoms with Crippen LogP contribution in [-0.4, -0.2) is 53.2 Å². The van der Waals surface area contributed by atoms with Crippen LogP contribution in [0, 0.1) is 35.0 Å². The minimum atomic E-state index is -0.277. The van der Waals surface area contributed by atoms with E-state index in [9.17, 15) is 0 Å². The molecule has 0 aromatic carbocycles. The summed E-state index contributed by atoms with van der Waals surface area (Å²) >= 11 is 0. The molecule has 244 valence electrons. The zero-order valence-corrected chi connectivity index (χ0v) is 29.7. The predicted octanol–water partition coefficient (Wildman–Crippen LogP) is 7.06. The molecule has 2 saturated carbocycles. The quantitative estimate of drug-likeness (QED) is 0.151. The number of hydrogen-bond acceptors (Lipinski definition) is 6. The molecule has 0 amide bonds. The molecule has 0 aromatic rings. The fraction of sp³-hybridized carbons (Fsp3) is 1.00. The molecule has 0 saturated heterocycles. The van der Waals surface area contributed by atoms with Crippen molar-refractivity contribution in [1.82, 2.24) is 0 Å². The van der Waals surface area contributed by atoms with Gasteiger partial charge in [0.25, 0.3) is 0 Å². The van der Waals surface area contributed by atoms with E-state index in [1.807, 2.05) is 0 Å². The second-order valence-electron chi connectivity index (χ2n) is 17.4. The Labute approximate surface area is 254 Å². The van der Waals surface area contributed by atoms with Crippen molar-refractivity contribution in [3.05, 3.63) is 0 Å². The number of rotatable bonds is 19. The van der Waals surface area contributed by atoms with Crippen molar-refractivity contribution in [2.24, 2.45) is 52.2 Å². The van der Waals surface area contributed by atoms with Crippen molar-refractivity contribution in [3.63, 3.8) is 0 Å². The third-order valence-corrected chi connectivity index (χ3v) is 11.6. The lowest BCUT2D eigenvalue weighted by Gasteiger charge is -2.42. The van der Waals surface area contributed by atoms with Crippen LogP contribution < -0.4 is 17.2 Å². The Balaban J connectivity index is 2.28. The van der Waals surface area contributed by atoms with E-state index in [4.69, 9.17) is 31.4 Å². The molecule has 2 aliphatic rings. The van der Waals surface area contributed by atoms with Gasteiger partial charge < -0.3 is 31.4 Å². The first kappa shape index (κ1) is 36.9. The Kier molecular flexibility index (Phi) is 11.4. The number of hydrogen-bond donors (Lipinski definition) is 3. The van der Waals surface area contributed by atoms with E-state index in [-0.39, 0.29) is 50.7 Å². The molecule has 0 spiro atoms. The Bertz CT molecular complexity index is 805. The largest absolute Gasteiger partial charge is 0.375 e. The van der Waals surface area contributed by atoms with Gasteiger partial charge in [-0.1, -0.05) is 27.7 Å². The van der Waals surface area contributed by atoms with Gasteiger partial charge in [0.2, 0.25) is 0 Å². The molecular formula is C35H71N3O3. The van der Waals surface area contributed by atoms with Gasteiger partial charge >= 0.3 is 0 Å².